The van der Waals surface area contributed by atoms with Gasteiger partial charge in [0.05, 0.1) is 6.04 Å². The van der Waals surface area contributed by atoms with Crippen molar-refractivity contribution in [2.45, 2.75) is 39.2 Å². The highest BCUT2D eigenvalue weighted by Crippen LogP contribution is 2.05. The second-order valence-corrected chi connectivity index (χ2v) is 4.43. The number of unbranched alkanes of at least 4 members (excludes halogenated alkanes) is 1. The van der Waals surface area contributed by atoms with E-state index in [0.717, 1.165) is 25.8 Å². The van der Waals surface area contributed by atoms with E-state index in [1.807, 2.05) is 13.1 Å². The number of hydrogen-bond acceptors (Lipinski definition) is 2. The number of rotatable bonds is 7. The first kappa shape index (κ1) is 14.2. The molecular weight excluding hydrogens is 188 g/mol. The van der Waals surface area contributed by atoms with Crippen molar-refractivity contribution in [2.75, 3.05) is 13.6 Å². The molecule has 0 radical (unpaired) electrons. The molecule has 3 nitrogen and oxygen atoms in total. The number of carbonyl (C=O) groups excluding carboxylic acids is 1. The van der Waals surface area contributed by atoms with E-state index in [1.54, 1.807) is 4.90 Å². The van der Waals surface area contributed by atoms with Gasteiger partial charge in [-0.05, 0) is 25.2 Å². The monoisotopic (exact) mass is 212 g/mol. The van der Waals surface area contributed by atoms with Crippen LogP contribution in [0.2, 0.25) is 0 Å². The lowest BCUT2D eigenvalue weighted by molar-refractivity contribution is -0.131. The lowest BCUT2D eigenvalue weighted by Crippen LogP contribution is -2.42. The Morgan fingerprint density at radius 1 is 1.53 bits per heavy atom. The molecule has 15 heavy (non-hydrogen) atoms. The van der Waals surface area contributed by atoms with Crippen molar-refractivity contribution in [3.63, 3.8) is 0 Å². The number of carbonyl (C=O) groups is 1. The van der Waals surface area contributed by atoms with Gasteiger partial charge in [0.15, 0.2) is 0 Å². The van der Waals surface area contributed by atoms with Crippen LogP contribution in [0.4, 0.5) is 0 Å². The SMILES string of the molecule is C=CCCCN(C)C(=O)[C@@H](N)CC(C)C. The average Bonchev–Trinajstić information content (AvgIpc) is 2.15. The highest BCUT2D eigenvalue weighted by atomic mass is 16.2. The molecule has 0 saturated carbocycles. The van der Waals surface area contributed by atoms with Crippen molar-refractivity contribution in [3.05, 3.63) is 12.7 Å². The molecule has 0 fully saturated rings. The molecule has 0 aromatic rings. The number of allylic oxidation sites excluding steroid dienone is 1. The highest BCUT2D eigenvalue weighted by molar-refractivity contribution is 5.81. The van der Waals surface area contributed by atoms with E-state index in [-0.39, 0.29) is 11.9 Å². The maximum Gasteiger partial charge on any atom is 0.239 e. The molecule has 0 unspecified atom stereocenters. The van der Waals surface area contributed by atoms with Crippen molar-refractivity contribution < 1.29 is 4.79 Å². The molecule has 2 N–H and O–H groups in total. The fraction of sp³-hybridized carbons (Fsp3) is 0.750. The zero-order valence-electron chi connectivity index (χ0n) is 10.2. The van der Waals surface area contributed by atoms with Crippen LogP contribution in [0.3, 0.4) is 0 Å². The van der Waals surface area contributed by atoms with Crippen LogP contribution in [0.15, 0.2) is 12.7 Å². The first-order valence-electron chi connectivity index (χ1n) is 5.60. The maximum absolute atomic E-state index is 11.7. The minimum atomic E-state index is -0.348. The van der Waals surface area contributed by atoms with Gasteiger partial charge in [-0.25, -0.2) is 0 Å². The van der Waals surface area contributed by atoms with E-state index in [2.05, 4.69) is 20.4 Å². The van der Waals surface area contributed by atoms with Gasteiger partial charge in [0.1, 0.15) is 0 Å². The van der Waals surface area contributed by atoms with Gasteiger partial charge in [-0.1, -0.05) is 19.9 Å². The zero-order valence-corrected chi connectivity index (χ0v) is 10.2. The summed E-state index contributed by atoms with van der Waals surface area (Å²) in [6.45, 7) is 8.56. The van der Waals surface area contributed by atoms with Crippen LogP contribution in [0, 0.1) is 5.92 Å². The van der Waals surface area contributed by atoms with E-state index in [9.17, 15) is 4.79 Å². The summed E-state index contributed by atoms with van der Waals surface area (Å²) in [6, 6.07) is -0.348. The van der Waals surface area contributed by atoms with Crippen molar-refractivity contribution in [2.24, 2.45) is 11.7 Å². The zero-order chi connectivity index (χ0) is 11.8. The van der Waals surface area contributed by atoms with Crippen LogP contribution >= 0.6 is 0 Å². The Morgan fingerprint density at radius 3 is 2.60 bits per heavy atom. The quantitative estimate of drug-likeness (QED) is 0.516. The molecule has 0 aliphatic carbocycles. The number of hydrogen-bond donors (Lipinski definition) is 1. The van der Waals surface area contributed by atoms with Gasteiger partial charge in [-0.15, -0.1) is 6.58 Å². The smallest absolute Gasteiger partial charge is 0.239 e. The number of amides is 1. The summed E-state index contributed by atoms with van der Waals surface area (Å²) < 4.78 is 0. The normalized spacial score (nSPS) is 12.6. The summed E-state index contributed by atoms with van der Waals surface area (Å²) in [7, 11) is 1.81. The van der Waals surface area contributed by atoms with E-state index >= 15 is 0 Å². The van der Waals surface area contributed by atoms with Crippen LogP contribution in [-0.2, 0) is 4.79 Å². The van der Waals surface area contributed by atoms with Crippen molar-refractivity contribution in [3.8, 4) is 0 Å². The Labute approximate surface area is 93.3 Å². The minimum Gasteiger partial charge on any atom is -0.344 e. The summed E-state index contributed by atoms with van der Waals surface area (Å²) >= 11 is 0. The van der Waals surface area contributed by atoms with Gasteiger partial charge >= 0.3 is 0 Å². The Balaban J connectivity index is 3.90. The number of likely N-dealkylation sites (N-methyl/N-ethyl adjacent to an activating group) is 1. The Morgan fingerprint density at radius 2 is 2.13 bits per heavy atom. The van der Waals surface area contributed by atoms with Gasteiger partial charge in [0.25, 0.3) is 0 Å². The Hall–Kier alpha value is -0.830. The predicted octanol–water partition coefficient (Wildman–Crippen LogP) is 1.78. The predicted molar refractivity (Wildman–Crippen MR) is 64.5 cm³/mol. The van der Waals surface area contributed by atoms with Crippen LogP contribution in [0.25, 0.3) is 0 Å². The van der Waals surface area contributed by atoms with E-state index in [4.69, 9.17) is 5.73 Å². The van der Waals surface area contributed by atoms with Crippen LogP contribution in [-0.4, -0.2) is 30.4 Å². The molecule has 0 aromatic carbocycles. The molecule has 0 spiro atoms. The average molecular weight is 212 g/mol. The molecule has 0 aromatic heterocycles. The van der Waals surface area contributed by atoms with Gasteiger partial charge in [-0.3, -0.25) is 4.79 Å². The number of nitrogens with two attached hydrogens (primary N) is 1. The molecule has 1 atom stereocenters. The van der Waals surface area contributed by atoms with Crippen molar-refractivity contribution >= 4 is 5.91 Å². The van der Waals surface area contributed by atoms with Gasteiger partial charge in [0, 0.05) is 13.6 Å². The first-order valence-corrected chi connectivity index (χ1v) is 5.60. The molecule has 0 aliphatic rings. The molecule has 0 aliphatic heterocycles. The topological polar surface area (TPSA) is 46.3 Å². The molecule has 0 bridgehead atoms. The highest BCUT2D eigenvalue weighted by Gasteiger charge is 2.18. The van der Waals surface area contributed by atoms with Crippen LogP contribution < -0.4 is 5.73 Å². The maximum atomic E-state index is 11.7. The molecule has 0 saturated heterocycles. The fourth-order valence-electron chi connectivity index (χ4n) is 1.47. The third-order valence-electron chi connectivity index (χ3n) is 2.32. The fourth-order valence-corrected chi connectivity index (χ4v) is 1.47. The van der Waals surface area contributed by atoms with E-state index in [1.165, 1.54) is 0 Å². The molecule has 3 heteroatoms. The third-order valence-corrected chi connectivity index (χ3v) is 2.32. The standard InChI is InChI=1S/C12H24N2O/c1-5-6-7-8-14(4)12(15)11(13)9-10(2)3/h5,10-11H,1,6-9,13H2,2-4H3/t11-/m0/s1. The van der Waals surface area contributed by atoms with E-state index in [0.29, 0.717) is 5.92 Å². The van der Waals surface area contributed by atoms with Gasteiger partial charge in [-0.2, -0.15) is 0 Å². The molecule has 0 rings (SSSR count). The molecule has 88 valence electrons. The second-order valence-electron chi connectivity index (χ2n) is 4.43. The molecule has 1 amide bonds. The molecule has 0 heterocycles. The lowest BCUT2D eigenvalue weighted by atomic mass is 10.0. The van der Waals surface area contributed by atoms with Crippen LogP contribution in [0.1, 0.15) is 33.1 Å². The lowest BCUT2D eigenvalue weighted by Gasteiger charge is -2.22. The molecular formula is C12H24N2O. The second kappa shape index (κ2) is 7.46. The van der Waals surface area contributed by atoms with Crippen LogP contribution in [0.5, 0.6) is 0 Å². The van der Waals surface area contributed by atoms with Gasteiger partial charge in [0.2, 0.25) is 5.91 Å². The van der Waals surface area contributed by atoms with Crippen molar-refractivity contribution in [1.82, 2.24) is 4.90 Å². The Kier molecular flexibility index (Phi) is 7.05. The van der Waals surface area contributed by atoms with Crippen molar-refractivity contribution in [1.29, 1.82) is 0 Å². The summed E-state index contributed by atoms with van der Waals surface area (Å²) in [4.78, 5) is 13.5. The Bertz CT molecular complexity index is 202. The minimum absolute atomic E-state index is 0.0489. The number of nitrogens with zero attached hydrogens (tertiary/aromatic N) is 1. The summed E-state index contributed by atoms with van der Waals surface area (Å²) in [6.07, 6.45) is 4.52. The summed E-state index contributed by atoms with van der Waals surface area (Å²) in [5, 5.41) is 0. The largest absolute Gasteiger partial charge is 0.344 e. The third kappa shape index (κ3) is 6.28. The van der Waals surface area contributed by atoms with Gasteiger partial charge < -0.3 is 10.6 Å². The summed E-state index contributed by atoms with van der Waals surface area (Å²) in [5.41, 5.74) is 5.81. The van der Waals surface area contributed by atoms with E-state index < -0.39 is 0 Å². The first-order chi connectivity index (χ1) is 6.99. The summed E-state index contributed by atoms with van der Waals surface area (Å²) in [5.74, 6) is 0.512.